The van der Waals surface area contributed by atoms with Crippen molar-refractivity contribution in [2.75, 3.05) is 46.3 Å². The van der Waals surface area contributed by atoms with E-state index in [0.717, 1.165) is 24.3 Å². The van der Waals surface area contributed by atoms with E-state index in [2.05, 4.69) is 15.6 Å². The molecule has 2 amide bonds. The van der Waals surface area contributed by atoms with Gasteiger partial charge in [0.05, 0.1) is 18.7 Å². The quantitative estimate of drug-likeness (QED) is 0.212. The van der Waals surface area contributed by atoms with Gasteiger partial charge < -0.3 is 20.4 Å². The number of halogens is 4. The molecule has 0 saturated heterocycles. The first-order valence-corrected chi connectivity index (χ1v) is 9.86. The first-order chi connectivity index (χ1) is 14.1. The number of carbonyl (C=O) groups excluding carboxylic acids is 2. The zero-order valence-electron chi connectivity index (χ0n) is 18.3. The summed E-state index contributed by atoms with van der Waals surface area (Å²) in [5.74, 6) is 0.0412. The van der Waals surface area contributed by atoms with E-state index in [1.807, 2.05) is 20.8 Å². The van der Waals surface area contributed by atoms with Crippen molar-refractivity contribution < 1.29 is 22.8 Å². The van der Waals surface area contributed by atoms with Crippen molar-refractivity contribution in [2.45, 2.75) is 26.9 Å². The lowest BCUT2D eigenvalue weighted by Crippen LogP contribution is -2.46. The monoisotopic (exact) mass is 557 g/mol. The molecule has 1 rings (SSSR count). The Morgan fingerprint density at radius 2 is 1.61 bits per heavy atom. The molecule has 1 aromatic rings. The van der Waals surface area contributed by atoms with Crippen LogP contribution in [0.15, 0.2) is 29.3 Å². The number of likely N-dealkylation sites (N-methyl/N-ethyl adjacent to an activating group) is 2. The number of alkyl halides is 3. The summed E-state index contributed by atoms with van der Waals surface area (Å²) in [5, 5.41) is 5.71. The SMILES string of the molecule is CCNC(=NCCNC(=O)c1ccc(C(F)(F)F)cc1)N(C)CC(=O)N(CC)CC.I. The molecule has 31 heavy (non-hydrogen) atoms. The molecule has 0 aliphatic rings. The van der Waals surface area contributed by atoms with Gasteiger partial charge in [0.1, 0.15) is 0 Å². The third-order valence-corrected chi connectivity index (χ3v) is 4.32. The molecular formula is C20H31F3IN5O2. The molecule has 0 aliphatic carbocycles. The van der Waals surface area contributed by atoms with Crippen molar-refractivity contribution in [1.82, 2.24) is 20.4 Å². The van der Waals surface area contributed by atoms with Crippen LogP contribution < -0.4 is 10.6 Å². The summed E-state index contributed by atoms with van der Waals surface area (Å²) in [5.41, 5.74) is -0.665. The topological polar surface area (TPSA) is 77.0 Å². The van der Waals surface area contributed by atoms with Crippen molar-refractivity contribution in [1.29, 1.82) is 0 Å². The summed E-state index contributed by atoms with van der Waals surface area (Å²) >= 11 is 0. The third-order valence-electron chi connectivity index (χ3n) is 4.32. The van der Waals surface area contributed by atoms with Crippen LogP contribution in [-0.4, -0.2) is 73.9 Å². The normalized spacial score (nSPS) is 11.4. The number of benzene rings is 1. The second kappa shape index (κ2) is 14.1. The van der Waals surface area contributed by atoms with Crippen LogP contribution in [0.2, 0.25) is 0 Å². The molecule has 11 heteroatoms. The first kappa shape index (κ1) is 28.9. The van der Waals surface area contributed by atoms with Gasteiger partial charge >= 0.3 is 6.18 Å². The van der Waals surface area contributed by atoms with Crippen molar-refractivity contribution in [3.05, 3.63) is 35.4 Å². The Labute approximate surface area is 198 Å². The van der Waals surface area contributed by atoms with Gasteiger partial charge in [0.25, 0.3) is 5.91 Å². The van der Waals surface area contributed by atoms with Crippen LogP contribution >= 0.6 is 24.0 Å². The Bertz CT molecular complexity index is 723. The number of nitrogens with zero attached hydrogens (tertiary/aromatic N) is 3. The second-order valence-electron chi connectivity index (χ2n) is 6.49. The van der Waals surface area contributed by atoms with E-state index < -0.39 is 17.6 Å². The van der Waals surface area contributed by atoms with E-state index in [4.69, 9.17) is 0 Å². The average molecular weight is 557 g/mol. The van der Waals surface area contributed by atoms with Crippen LogP contribution in [0.4, 0.5) is 13.2 Å². The third kappa shape index (κ3) is 9.74. The minimum absolute atomic E-state index is 0. The highest BCUT2D eigenvalue weighted by atomic mass is 127. The zero-order chi connectivity index (χ0) is 22.7. The summed E-state index contributed by atoms with van der Waals surface area (Å²) in [6.45, 7) is 8.23. The molecule has 176 valence electrons. The number of nitrogens with one attached hydrogen (secondary N) is 2. The van der Waals surface area contributed by atoms with E-state index in [1.54, 1.807) is 16.8 Å². The fourth-order valence-corrected chi connectivity index (χ4v) is 2.67. The van der Waals surface area contributed by atoms with Gasteiger partial charge in [0.15, 0.2) is 5.96 Å². The predicted octanol–water partition coefficient (Wildman–Crippen LogP) is 2.82. The number of rotatable bonds is 9. The summed E-state index contributed by atoms with van der Waals surface area (Å²) in [7, 11) is 1.75. The lowest BCUT2D eigenvalue weighted by atomic mass is 10.1. The fourth-order valence-electron chi connectivity index (χ4n) is 2.67. The molecule has 0 unspecified atom stereocenters. The van der Waals surface area contributed by atoms with Crippen molar-refractivity contribution in [3.8, 4) is 0 Å². The Kier molecular flexibility index (Phi) is 13.2. The van der Waals surface area contributed by atoms with Gasteiger partial charge in [0, 0.05) is 38.8 Å². The standard InChI is InChI=1S/C20H30F3N5O2.HI/c1-5-24-19(27(4)14-17(29)28(6-2)7-3)26-13-12-25-18(30)15-8-10-16(11-9-15)20(21,22)23;/h8-11H,5-7,12-14H2,1-4H3,(H,24,26)(H,25,30);1H. The number of aliphatic imine (C=N–C) groups is 1. The predicted molar refractivity (Wildman–Crippen MR) is 126 cm³/mol. The Morgan fingerprint density at radius 1 is 1.03 bits per heavy atom. The Hall–Kier alpha value is -2.05. The van der Waals surface area contributed by atoms with Crippen molar-refractivity contribution >= 4 is 41.8 Å². The maximum absolute atomic E-state index is 12.6. The van der Waals surface area contributed by atoms with E-state index in [9.17, 15) is 22.8 Å². The zero-order valence-corrected chi connectivity index (χ0v) is 20.6. The summed E-state index contributed by atoms with van der Waals surface area (Å²) in [4.78, 5) is 32.2. The van der Waals surface area contributed by atoms with Gasteiger partial charge in [-0.2, -0.15) is 13.2 Å². The average Bonchev–Trinajstić information content (AvgIpc) is 2.70. The second-order valence-corrected chi connectivity index (χ2v) is 6.49. The number of amides is 2. The number of carbonyl (C=O) groups is 2. The minimum Gasteiger partial charge on any atom is -0.357 e. The van der Waals surface area contributed by atoms with E-state index in [0.29, 0.717) is 25.6 Å². The molecule has 0 aromatic heterocycles. The minimum atomic E-state index is -4.44. The molecule has 2 N–H and O–H groups in total. The number of hydrogen-bond acceptors (Lipinski definition) is 3. The molecule has 7 nitrogen and oxygen atoms in total. The molecule has 0 fully saturated rings. The highest BCUT2D eigenvalue weighted by Gasteiger charge is 2.30. The first-order valence-electron chi connectivity index (χ1n) is 9.86. The van der Waals surface area contributed by atoms with Gasteiger partial charge in [-0.3, -0.25) is 14.6 Å². The van der Waals surface area contributed by atoms with Crippen molar-refractivity contribution in [2.24, 2.45) is 4.99 Å². The molecule has 0 radical (unpaired) electrons. The van der Waals surface area contributed by atoms with Crippen LogP contribution in [-0.2, 0) is 11.0 Å². The molecule has 0 heterocycles. The van der Waals surface area contributed by atoms with Crippen LogP contribution in [0.3, 0.4) is 0 Å². The smallest absolute Gasteiger partial charge is 0.357 e. The summed E-state index contributed by atoms with van der Waals surface area (Å²) in [6, 6.07) is 4.02. The maximum atomic E-state index is 12.6. The number of hydrogen-bond donors (Lipinski definition) is 2. The lowest BCUT2D eigenvalue weighted by Gasteiger charge is -2.25. The van der Waals surface area contributed by atoms with E-state index >= 15 is 0 Å². The molecular weight excluding hydrogens is 526 g/mol. The molecule has 0 atom stereocenters. The van der Waals surface area contributed by atoms with E-state index in [1.165, 1.54) is 0 Å². The van der Waals surface area contributed by atoms with Crippen LogP contribution in [0.1, 0.15) is 36.7 Å². The van der Waals surface area contributed by atoms with Gasteiger partial charge in [-0.25, -0.2) is 0 Å². The molecule has 0 aliphatic heterocycles. The Balaban J connectivity index is 0.00000900. The van der Waals surface area contributed by atoms with Crippen LogP contribution in [0.5, 0.6) is 0 Å². The van der Waals surface area contributed by atoms with Gasteiger partial charge in [-0.15, -0.1) is 24.0 Å². The van der Waals surface area contributed by atoms with Gasteiger partial charge in [-0.05, 0) is 45.0 Å². The van der Waals surface area contributed by atoms with Crippen LogP contribution in [0.25, 0.3) is 0 Å². The number of guanidine groups is 1. The van der Waals surface area contributed by atoms with Crippen LogP contribution in [0, 0.1) is 0 Å². The molecule has 1 aromatic carbocycles. The van der Waals surface area contributed by atoms with Gasteiger partial charge in [-0.1, -0.05) is 0 Å². The highest BCUT2D eigenvalue weighted by molar-refractivity contribution is 14.0. The maximum Gasteiger partial charge on any atom is 0.416 e. The highest BCUT2D eigenvalue weighted by Crippen LogP contribution is 2.29. The molecule has 0 saturated carbocycles. The largest absolute Gasteiger partial charge is 0.416 e. The molecule has 0 bridgehead atoms. The van der Waals surface area contributed by atoms with Crippen molar-refractivity contribution in [3.63, 3.8) is 0 Å². The lowest BCUT2D eigenvalue weighted by molar-refractivity contribution is -0.137. The molecule has 0 spiro atoms. The van der Waals surface area contributed by atoms with E-state index in [-0.39, 0.29) is 55.1 Å². The fraction of sp³-hybridized carbons (Fsp3) is 0.550. The summed E-state index contributed by atoms with van der Waals surface area (Å²) in [6.07, 6.45) is -4.44. The Morgan fingerprint density at radius 3 is 2.10 bits per heavy atom. The van der Waals surface area contributed by atoms with Gasteiger partial charge in [0.2, 0.25) is 5.91 Å². The summed E-state index contributed by atoms with van der Waals surface area (Å²) < 4.78 is 37.8.